The summed E-state index contributed by atoms with van der Waals surface area (Å²) in [5, 5.41) is 30.3. The van der Waals surface area contributed by atoms with E-state index in [1.165, 1.54) is 11.3 Å². The summed E-state index contributed by atoms with van der Waals surface area (Å²) >= 11 is 1.42. The van der Waals surface area contributed by atoms with E-state index in [9.17, 15) is 10.2 Å². The maximum absolute atomic E-state index is 9.69. The van der Waals surface area contributed by atoms with Gasteiger partial charge in [0, 0.05) is 18.5 Å². The molecule has 1 aromatic rings. The summed E-state index contributed by atoms with van der Waals surface area (Å²) in [5.74, 6) is 0. The first-order chi connectivity index (χ1) is 8.22. The highest BCUT2D eigenvalue weighted by Gasteiger charge is 2.22. The molecule has 96 valence electrons. The number of ether oxygens (including phenoxy) is 1. The maximum atomic E-state index is 9.69. The van der Waals surface area contributed by atoms with Crippen LogP contribution in [0.5, 0.6) is 0 Å². The second kappa shape index (κ2) is 5.74. The Kier molecular flexibility index (Phi) is 4.30. The van der Waals surface area contributed by atoms with E-state index in [-0.39, 0.29) is 0 Å². The van der Waals surface area contributed by atoms with Gasteiger partial charge < -0.3 is 25.0 Å². The first-order valence-electron chi connectivity index (χ1n) is 5.47. The van der Waals surface area contributed by atoms with E-state index >= 15 is 0 Å². The average Bonchev–Trinajstić information content (AvgIpc) is 2.87. The summed E-state index contributed by atoms with van der Waals surface area (Å²) < 4.78 is 5.24. The fourth-order valence-corrected chi connectivity index (χ4v) is 2.52. The molecule has 6 nitrogen and oxygen atoms in total. The summed E-state index contributed by atoms with van der Waals surface area (Å²) in [6, 6.07) is 0. The molecule has 1 fully saturated rings. The number of aliphatic hydroxyl groups is 3. The van der Waals surface area contributed by atoms with E-state index in [4.69, 9.17) is 9.84 Å². The van der Waals surface area contributed by atoms with Crippen LogP contribution >= 0.6 is 11.3 Å². The minimum atomic E-state index is -1.19. The number of morpholine rings is 1. The van der Waals surface area contributed by atoms with Crippen LogP contribution in [0.1, 0.15) is 11.8 Å². The molecule has 1 saturated heterocycles. The van der Waals surface area contributed by atoms with Crippen LogP contribution in [-0.4, -0.2) is 59.3 Å². The summed E-state index contributed by atoms with van der Waals surface area (Å²) in [6.07, 6.45) is -2.32. The number of aromatic nitrogens is 1. The predicted octanol–water partition coefficient (Wildman–Crippen LogP) is -0.634. The zero-order valence-corrected chi connectivity index (χ0v) is 10.1. The fraction of sp³-hybridized carbons (Fsp3) is 0.700. The Morgan fingerprint density at radius 2 is 2.12 bits per heavy atom. The van der Waals surface area contributed by atoms with Crippen LogP contribution < -0.4 is 4.90 Å². The van der Waals surface area contributed by atoms with Gasteiger partial charge in [0.2, 0.25) is 0 Å². The number of rotatable bonds is 4. The topological polar surface area (TPSA) is 86.0 Å². The van der Waals surface area contributed by atoms with Crippen molar-refractivity contribution in [1.29, 1.82) is 0 Å². The Morgan fingerprint density at radius 1 is 1.41 bits per heavy atom. The van der Waals surface area contributed by atoms with Crippen LogP contribution in [0.4, 0.5) is 5.13 Å². The van der Waals surface area contributed by atoms with Crippen LogP contribution in [-0.2, 0) is 4.74 Å². The largest absolute Gasteiger partial charge is 0.394 e. The molecule has 0 bridgehead atoms. The second-order valence-electron chi connectivity index (χ2n) is 3.85. The molecule has 0 spiro atoms. The molecule has 0 aromatic carbocycles. The van der Waals surface area contributed by atoms with Gasteiger partial charge in [-0.05, 0) is 0 Å². The van der Waals surface area contributed by atoms with Crippen molar-refractivity contribution in [3.05, 3.63) is 11.1 Å². The van der Waals surface area contributed by atoms with Crippen molar-refractivity contribution in [2.45, 2.75) is 12.2 Å². The molecule has 1 aromatic heterocycles. The Hall–Kier alpha value is -0.730. The van der Waals surface area contributed by atoms with Crippen molar-refractivity contribution in [2.75, 3.05) is 37.8 Å². The molecule has 0 saturated carbocycles. The number of aliphatic hydroxyl groups excluding tert-OH is 3. The number of hydrogen-bond donors (Lipinski definition) is 3. The lowest BCUT2D eigenvalue weighted by Gasteiger charge is -2.26. The maximum Gasteiger partial charge on any atom is 0.185 e. The van der Waals surface area contributed by atoms with Gasteiger partial charge in [0.05, 0.1) is 25.5 Å². The van der Waals surface area contributed by atoms with Crippen molar-refractivity contribution in [3.63, 3.8) is 0 Å². The number of hydrogen-bond acceptors (Lipinski definition) is 7. The molecule has 0 radical (unpaired) electrons. The Labute approximate surface area is 103 Å². The molecule has 2 unspecified atom stereocenters. The van der Waals surface area contributed by atoms with Gasteiger partial charge in [-0.1, -0.05) is 0 Å². The highest BCUT2D eigenvalue weighted by atomic mass is 32.1. The van der Waals surface area contributed by atoms with Crippen LogP contribution in [0.2, 0.25) is 0 Å². The Morgan fingerprint density at radius 3 is 2.76 bits per heavy atom. The zero-order valence-electron chi connectivity index (χ0n) is 9.32. The van der Waals surface area contributed by atoms with Crippen LogP contribution in [0.3, 0.4) is 0 Å². The van der Waals surface area contributed by atoms with Gasteiger partial charge in [-0.15, -0.1) is 11.3 Å². The van der Waals surface area contributed by atoms with E-state index in [2.05, 4.69) is 9.88 Å². The lowest BCUT2D eigenvalue weighted by Crippen LogP contribution is -2.36. The lowest BCUT2D eigenvalue weighted by atomic mass is 10.2. The van der Waals surface area contributed by atoms with Crippen molar-refractivity contribution in [1.82, 2.24) is 4.98 Å². The lowest BCUT2D eigenvalue weighted by molar-refractivity contribution is -0.0169. The van der Waals surface area contributed by atoms with Crippen LogP contribution in [0, 0.1) is 0 Å². The molecule has 0 aliphatic carbocycles. The van der Waals surface area contributed by atoms with Crippen LogP contribution in [0.25, 0.3) is 0 Å². The summed E-state index contributed by atoms with van der Waals surface area (Å²) in [7, 11) is 0. The van der Waals surface area contributed by atoms with Gasteiger partial charge in [0.25, 0.3) is 0 Å². The van der Waals surface area contributed by atoms with Crippen molar-refractivity contribution in [2.24, 2.45) is 0 Å². The molecular formula is C10H16N2O4S. The molecule has 3 N–H and O–H groups in total. The number of anilines is 1. The van der Waals surface area contributed by atoms with E-state index in [1.807, 2.05) is 0 Å². The number of thiazole rings is 1. The first-order valence-corrected chi connectivity index (χ1v) is 6.35. The van der Waals surface area contributed by atoms with Crippen LogP contribution in [0.15, 0.2) is 5.38 Å². The molecule has 0 amide bonds. The van der Waals surface area contributed by atoms with E-state index < -0.39 is 18.8 Å². The summed E-state index contributed by atoms with van der Waals surface area (Å²) in [5.41, 5.74) is 0.401. The van der Waals surface area contributed by atoms with Gasteiger partial charge in [-0.3, -0.25) is 0 Å². The third-order valence-electron chi connectivity index (χ3n) is 2.65. The molecule has 2 heterocycles. The van der Waals surface area contributed by atoms with Gasteiger partial charge >= 0.3 is 0 Å². The molecule has 1 aliphatic rings. The van der Waals surface area contributed by atoms with E-state index in [1.54, 1.807) is 5.38 Å². The quantitative estimate of drug-likeness (QED) is 0.668. The number of nitrogens with zero attached hydrogens (tertiary/aromatic N) is 2. The average molecular weight is 260 g/mol. The molecule has 17 heavy (non-hydrogen) atoms. The molecule has 2 rings (SSSR count). The molecular weight excluding hydrogens is 244 g/mol. The highest BCUT2D eigenvalue weighted by Crippen LogP contribution is 2.26. The fourth-order valence-electron chi connectivity index (χ4n) is 1.61. The molecule has 1 aliphatic heterocycles. The molecule has 7 heteroatoms. The van der Waals surface area contributed by atoms with Gasteiger partial charge in [0.15, 0.2) is 5.13 Å². The SMILES string of the molecule is OCC(O)C(O)c1csc(N2CCOCC2)n1. The second-order valence-corrected chi connectivity index (χ2v) is 4.69. The first kappa shape index (κ1) is 12.7. The minimum Gasteiger partial charge on any atom is -0.394 e. The third-order valence-corrected chi connectivity index (χ3v) is 3.57. The normalized spacial score (nSPS) is 20.3. The predicted molar refractivity (Wildman–Crippen MR) is 63.2 cm³/mol. The van der Waals surface area contributed by atoms with Crippen molar-refractivity contribution >= 4 is 16.5 Å². The van der Waals surface area contributed by atoms with E-state index in [0.717, 1.165) is 18.2 Å². The monoisotopic (exact) mass is 260 g/mol. The third kappa shape index (κ3) is 2.93. The van der Waals surface area contributed by atoms with Gasteiger partial charge in [-0.2, -0.15) is 0 Å². The Bertz CT molecular complexity index is 337. The van der Waals surface area contributed by atoms with Gasteiger partial charge in [-0.25, -0.2) is 4.98 Å². The minimum absolute atomic E-state index is 0.401. The highest BCUT2D eigenvalue weighted by molar-refractivity contribution is 7.13. The standard InChI is InChI=1S/C10H16N2O4S/c13-5-8(14)9(15)7-6-17-10(11-7)12-1-3-16-4-2-12/h6,8-9,13-15H,1-5H2. The van der Waals surface area contributed by atoms with Crippen molar-refractivity contribution < 1.29 is 20.1 Å². The summed E-state index contributed by atoms with van der Waals surface area (Å²) in [6.45, 7) is 2.44. The van der Waals surface area contributed by atoms with Gasteiger partial charge in [0.1, 0.15) is 12.2 Å². The van der Waals surface area contributed by atoms with Crippen molar-refractivity contribution in [3.8, 4) is 0 Å². The summed E-state index contributed by atoms with van der Waals surface area (Å²) in [4.78, 5) is 6.35. The smallest absolute Gasteiger partial charge is 0.185 e. The Balaban J connectivity index is 2.04. The van der Waals surface area contributed by atoms with E-state index in [0.29, 0.717) is 18.9 Å². The zero-order chi connectivity index (χ0) is 12.3. The molecule has 2 atom stereocenters.